The average molecular weight is 229 g/mol. The van der Waals surface area contributed by atoms with Crippen LogP contribution in [0.3, 0.4) is 0 Å². The van der Waals surface area contributed by atoms with Crippen LogP contribution in [0.25, 0.3) is 10.9 Å². The van der Waals surface area contributed by atoms with E-state index in [4.69, 9.17) is 0 Å². The van der Waals surface area contributed by atoms with Crippen LogP contribution in [0.5, 0.6) is 0 Å². The van der Waals surface area contributed by atoms with Crippen molar-refractivity contribution in [1.29, 1.82) is 0 Å². The van der Waals surface area contributed by atoms with Gasteiger partial charge < -0.3 is 5.11 Å². The minimum atomic E-state index is -0.450. The summed E-state index contributed by atoms with van der Waals surface area (Å²) in [6, 6.07) is 9.91. The van der Waals surface area contributed by atoms with Crippen molar-refractivity contribution in [1.82, 2.24) is 4.98 Å². The Balaban J connectivity index is 2.41. The molecule has 90 valence electrons. The van der Waals surface area contributed by atoms with Crippen LogP contribution in [0.15, 0.2) is 36.5 Å². The quantitative estimate of drug-likeness (QED) is 0.851. The van der Waals surface area contributed by atoms with Crippen LogP contribution in [0.1, 0.15) is 38.9 Å². The Kier molecular flexibility index (Phi) is 3.16. The van der Waals surface area contributed by atoms with E-state index < -0.39 is 6.10 Å². The molecule has 0 bridgehead atoms. The van der Waals surface area contributed by atoms with Gasteiger partial charge in [-0.25, -0.2) is 0 Å². The monoisotopic (exact) mass is 229 g/mol. The summed E-state index contributed by atoms with van der Waals surface area (Å²) in [5.74, 6) is 0. The molecule has 17 heavy (non-hydrogen) atoms. The largest absolute Gasteiger partial charge is 0.388 e. The molecule has 0 spiro atoms. The molecule has 1 unspecified atom stereocenters. The molecule has 2 heteroatoms. The number of hydrogen-bond donors (Lipinski definition) is 1. The lowest BCUT2D eigenvalue weighted by molar-refractivity contribution is 0.123. The normalized spacial score (nSPS) is 13.9. The van der Waals surface area contributed by atoms with Crippen LogP contribution < -0.4 is 0 Å². The number of hydrogen-bond acceptors (Lipinski definition) is 2. The number of para-hydroxylation sites is 1. The molecule has 2 aromatic rings. The van der Waals surface area contributed by atoms with E-state index in [1.165, 1.54) is 0 Å². The molecule has 1 aromatic carbocycles. The summed E-state index contributed by atoms with van der Waals surface area (Å²) < 4.78 is 0. The Morgan fingerprint density at radius 2 is 1.88 bits per heavy atom. The first-order chi connectivity index (χ1) is 7.97. The van der Waals surface area contributed by atoms with E-state index in [2.05, 4.69) is 25.8 Å². The van der Waals surface area contributed by atoms with Crippen molar-refractivity contribution >= 4 is 10.9 Å². The summed E-state index contributed by atoms with van der Waals surface area (Å²) in [6.45, 7) is 6.40. The Hall–Kier alpha value is -1.41. The molecule has 1 aromatic heterocycles. The Labute approximate surface area is 102 Å². The molecular weight excluding hydrogens is 210 g/mol. The van der Waals surface area contributed by atoms with E-state index in [-0.39, 0.29) is 5.41 Å². The third-order valence-corrected chi connectivity index (χ3v) is 2.83. The average Bonchev–Trinajstić information content (AvgIpc) is 2.26. The minimum Gasteiger partial charge on any atom is -0.388 e. The Morgan fingerprint density at radius 3 is 2.59 bits per heavy atom. The second kappa shape index (κ2) is 4.46. The van der Waals surface area contributed by atoms with Gasteiger partial charge in [0.05, 0.1) is 11.6 Å². The van der Waals surface area contributed by atoms with Crippen LogP contribution in [-0.2, 0) is 0 Å². The van der Waals surface area contributed by atoms with Crippen molar-refractivity contribution < 1.29 is 5.11 Å². The minimum absolute atomic E-state index is 0.108. The lowest BCUT2D eigenvalue weighted by Gasteiger charge is -2.23. The second-order valence-electron chi connectivity index (χ2n) is 5.70. The van der Waals surface area contributed by atoms with Crippen molar-refractivity contribution in [3.05, 3.63) is 42.1 Å². The second-order valence-corrected chi connectivity index (χ2v) is 5.70. The lowest BCUT2D eigenvalue weighted by atomic mass is 9.86. The van der Waals surface area contributed by atoms with Crippen molar-refractivity contribution in [3.63, 3.8) is 0 Å². The maximum atomic E-state index is 10.3. The molecule has 0 saturated heterocycles. The lowest BCUT2D eigenvalue weighted by Crippen LogP contribution is -2.12. The van der Waals surface area contributed by atoms with E-state index >= 15 is 0 Å². The zero-order chi connectivity index (χ0) is 12.5. The number of nitrogens with zero attached hydrogens (tertiary/aromatic N) is 1. The van der Waals surface area contributed by atoms with Gasteiger partial charge in [0.1, 0.15) is 0 Å². The van der Waals surface area contributed by atoms with Crippen molar-refractivity contribution in [2.24, 2.45) is 5.41 Å². The molecule has 0 saturated carbocycles. The molecule has 0 aliphatic rings. The standard InChI is InChI=1S/C15H19NO/c1-15(2,3)10-13(17)12-8-4-6-11-7-5-9-16-14(11)12/h4-9,13,17H,10H2,1-3H3. The summed E-state index contributed by atoms with van der Waals surface area (Å²) in [5, 5.41) is 11.4. The zero-order valence-electron chi connectivity index (χ0n) is 10.6. The molecule has 1 N–H and O–H groups in total. The van der Waals surface area contributed by atoms with Gasteiger partial charge in [0.2, 0.25) is 0 Å². The first-order valence-electron chi connectivity index (χ1n) is 5.99. The fourth-order valence-corrected chi connectivity index (χ4v) is 2.09. The first kappa shape index (κ1) is 12.1. The molecule has 0 amide bonds. The number of benzene rings is 1. The number of rotatable bonds is 2. The van der Waals surface area contributed by atoms with Gasteiger partial charge in [-0.3, -0.25) is 4.98 Å². The van der Waals surface area contributed by atoms with Crippen LogP contribution in [0.4, 0.5) is 0 Å². The van der Waals surface area contributed by atoms with Gasteiger partial charge in [-0.1, -0.05) is 45.0 Å². The maximum Gasteiger partial charge on any atom is 0.0816 e. The predicted octanol–water partition coefficient (Wildman–Crippen LogP) is 3.70. The molecule has 0 aliphatic heterocycles. The van der Waals surface area contributed by atoms with Gasteiger partial charge in [0, 0.05) is 17.1 Å². The highest BCUT2D eigenvalue weighted by Crippen LogP contribution is 2.31. The van der Waals surface area contributed by atoms with E-state index in [0.717, 1.165) is 22.9 Å². The third kappa shape index (κ3) is 2.83. The van der Waals surface area contributed by atoms with E-state index in [1.54, 1.807) is 6.20 Å². The van der Waals surface area contributed by atoms with E-state index in [0.29, 0.717) is 0 Å². The van der Waals surface area contributed by atoms with E-state index in [1.807, 2.05) is 30.3 Å². The fourth-order valence-electron chi connectivity index (χ4n) is 2.09. The van der Waals surface area contributed by atoms with Crippen LogP contribution in [0, 0.1) is 5.41 Å². The van der Waals surface area contributed by atoms with Gasteiger partial charge in [0.25, 0.3) is 0 Å². The third-order valence-electron chi connectivity index (χ3n) is 2.83. The molecule has 2 rings (SSSR count). The van der Waals surface area contributed by atoms with Gasteiger partial charge in [0.15, 0.2) is 0 Å². The Morgan fingerprint density at radius 1 is 1.18 bits per heavy atom. The molecular formula is C15H19NO. The van der Waals surface area contributed by atoms with Gasteiger partial charge in [-0.15, -0.1) is 0 Å². The number of fused-ring (bicyclic) bond motifs is 1. The van der Waals surface area contributed by atoms with Crippen molar-refractivity contribution in [2.45, 2.75) is 33.3 Å². The summed E-state index contributed by atoms with van der Waals surface area (Å²) in [5.41, 5.74) is 1.95. The SMILES string of the molecule is CC(C)(C)CC(O)c1cccc2cccnc12. The molecule has 0 radical (unpaired) electrons. The maximum absolute atomic E-state index is 10.3. The van der Waals surface area contributed by atoms with Gasteiger partial charge >= 0.3 is 0 Å². The van der Waals surface area contributed by atoms with Crippen LogP contribution in [0.2, 0.25) is 0 Å². The Bertz CT molecular complexity index is 508. The smallest absolute Gasteiger partial charge is 0.0816 e. The van der Waals surface area contributed by atoms with Crippen molar-refractivity contribution in [3.8, 4) is 0 Å². The van der Waals surface area contributed by atoms with Gasteiger partial charge in [-0.2, -0.15) is 0 Å². The summed E-state index contributed by atoms with van der Waals surface area (Å²) >= 11 is 0. The van der Waals surface area contributed by atoms with Crippen molar-refractivity contribution in [2.75, 3.05) is 0 Å². The van der Waals surface area contributed by atoms with Gasteiger partial charge in [-0.05, 0) is 17.9 Å². The predicted molar refractivity (Wildman–Crippen MR) is 70.8 cm³/mol. The number of pyridine rings is 1. The molecule has 0 fully saturated rings. The topological polar surface area (TPSA) is 33.1 Å². The molecule has 0 aliphatic carbocycles. The first-order valence-corrected chi connectivity index (χ1v) is 5.99. The number of aliphatic hydroxyl groups is 1. The highest BCUT2D eigenvalue weighted by atomic mass is 16.3. The highest BCUT2D eigenvalue weighted by molar-refractivity contribution is 5.81. The zero-order valence-corrected chi connectivity index (χ0v) is 10.6. The molecule has 1 atom stereocenters. The molecule has 1 heterocycles. The van der Waals surface area contributed by atoms with Crippen LogP contribution in [-0.4, -0.2) is 10.1 Å². The summed E-state index contributed by atoms with van der Waals surface area (Å²) in [6.07, 6.45) is 2.06. The highest BCUT2D eigenvalue weighted by Gasteiger charge is 2.19. The van der Waals surface area contributed by atoms with Crippen LogP contribution >= 0.6 is 0 Å². The summed E-state index contributed by atoms with van der Waals surface area (Å²) in [7, 11) is 0. The van der Waals surface area contributed by atoms with E-state index in [9.17, 15) is 5.11 Å². The number of aliphatic hydroxyl groups excluding tert-OH is 1. The molecule has 2 nitrogen and oxygen atoms in total. The number of aromatic nitrogens is 1. The summed E-state index contributed by atoms with van der Waals surface area (Å²) in [4.78, 5) is 4.37. The fraction of sp³-hybridized carbons (Fsp3) is 0.400.